The molecule has 6 heteroatoms. The quantitative estimate of drug-likeness (QED) is 0.809. The third-order valence-corrected chi connectivity index (χ3v) is 5.42. The standard InChI is InChI=1S/C14H26N2O3S/c1-6-16-8-13(7-12(16)9-17)20(18,19)15-10-14(4,5)11(2)3/h7-8,11,15,17H,6,9-10H2,1-5H3. The lowest BCUT2D eigenvalue weighted by Crippen LogP contribution is -2.36. The molecule has 0 aliphatic heterocycles. The zero-order chi connectivity index (χ0) is 15.6. The lowest BCUT2D eigenvalue weighted by atomic mass is 9.81. The third-order valence-electron chi connectivity index (χ3n) is 4.05. The van der Waals surface area contributed by atoms with E-state index in [1.807, 2.05) is 20.8 Å². The molecule has 116 valence electrons. The maximum absolute atomic E-state index is 12.3. The minimum absolute atomic E-state index is 0.111. The Morgan fingerprint density at radius 1 is 1.40 bits per heavy atom. The topological polar surface area (TPSA) is 71.3 Å². The number of aryl methyl sites for hydroxylation is 1. The van der Waals surface area contributed by atoms with Crippen molar-refractivity contribution >= 4 is 10.0 Å². The Kier molecular flexibility index (Phi) is 5.40. The predicted octanol–water partition coefficient (Wildman–Crippen LogP) is 1.96. The monoisotopic (exact) mass is 302 g/mol. The second-order valence-corrected chi connectivity index (χ2v) is 7.85. The maximum atomic E-state index is 12.3. The van der Waals surface area contributed by atoms with Crippen LogP contribution in [0.2, 0.25) is 0 Å². The number of hydrogen-bond donors (Lipinski definition) is 2. The Bertz CT molecular complexity index is 523. The van der Waals surface area contributed by atoms with E-state index in [0.29, 0.717) is 24.7 Å². The zero-order valence-corrected chi connectivity index (χ0v) is 13.8. The summed E-state index contributed by atoms with van der Waals surface area (Å²) in [5.41, 5.74) is 0.496. The van der Waals surface area contributed by atoms with Crippen molar-refractivity contribution in [1.29, 1.82) is 0 Å². The van der Waals surface area contributed by atoms with Crippen LogP contribution in [0.25, 0.3) is 0 Å². The molecule has 0 spiro atoms. The van der Waals surface area contributed by atoms with E-state index in [2.05, 4.69) is 18.6 Å². The van der Waals surface area contributed by atoms with Gasteiger partial charge in [0.25, 0.3) is 0 Å². The van der Waals surface area contributed by atoms with Crippen molar-refractivity contribution in [2.24, 2.45) is 11.3 Å². The molecule has 20 heavy (non-hydrogen) atoms. The van der Waals surface area contributed by atoms with Crippen LogP contribution >= 0.6 is 0 Å². The van der Waals surface area contributed by atoms with Gasteiger partial charge in [-0.2, -0.15) is 0 Å². The summed E-state index contributed by atoms with van der Waals surface area (Å²) < 4.78 is 29.0. The molecule has 1 aromatic heterocycles. The highest BCUT2D eigenvalue weighted by Crippen LogP contribution is 2.25. The molecule has 1 aromatic rings. The fourth-order valence-corrected chi connectivity index (χ4v) is 2.95. The molecule has 2 N–H and O–H groups in total. The van der Waals surface area contributed by atoms with E-state index < -0.39 is 10.0 Å². The Morgan fingerprint density at radius 2 is 2.00 bits per heavy atom. The van der Waals surface area contributed by atoms with Crippen LogP contribution < -0.4 is 4.72 Å². The molecule has 0 unspecified atom stereocenters. The minimum Gasteiger partial charge on any atom is -0.390 e. The number of rotatable bonds is 7. The van der Waals surface area contributed by atoms with Crippen LogP contribution in [0.1, 0.15) is 40.3 Å². The van der Waals surface area contributed by atoms with Gasteiger partial charge in [-0.15, -0.1) is 0 Å². The number of aliphatic hydroxyl groups is 1. The Labute approximate surface area is 122 Å². The molecule has 0 atom stereocenters. The molecule has 0 amide bonds. The molecule has 0 saturated carbocycles. The number of hydrogen-bond acceptors (Lipinski definition) is 3. The van der Waals surface area contributed by atoms with Gasteiger partial charge in [-0.3, -0.25) is 0 Å². The maximum Gasteiger partial charge on any atom is 0.242 e. The van der Waals surface area contributed by atoms with Crippen LogP contribution in [-0.4, -0.2) is 24.6 Å². The highest BCUT2D eigenvalue weighted by atomic mass is 32.2. The molecule has 0 bridgehead atoms. The normalized spacial score (nSPS) is 13.2. The summed E-state index contributed by atoms with van der Waals surface area (Å²) in [6, 6.07) is 1.52. The highest BCUT2D eigenvalue weighted by Gasteiger charge is 2.26. The van der Waals surface area contributed by atoms with E-state index in [9.17, 15) is 13.5 Å². The van der Waals surface area contributed by atoms with Crippen molar-refractivity contribution in [2.75, 3.05) is 6.54 Å². The highest BCUT2D eigenvalue weighted by molar-refractivity contribution is 7.89. The lowest BCUT2D eigenvalue weighted by Gasteiger charge is -2.29. The predicted molar refractivity (Wildman–Crippen MR) is 79.8 cm³/mol. The third kappa shape index (κ3) is 3.84. The van der Waals surface area contributed by atoms with Gasteiger partial charge < -0.3 is 9.67 Å². The molecule has 1 heterocycles. The van der Waals surface area contributed by atoms with Crippen LogP contribution in [0.15, 0.2) is 17.2 Å². The van der Waals surface area contributed by atoms with Gasteiger partial charge in [0.05, 0.1) is 11.5 Å². The van der Waals surface area contributed by atoms with E-state index in [1.54, 1.807) is 10.8 Å². The van der Waals surface area contributed by atoms with Gasteiger partial charge in [0.15, 0.2) is 0 Å². The van der Waals surface area contributed by atoms with Gasteiger partial charge in [-0.25, -0.2) is 13.1 Å². The van der Waals surface area contributed by atoms with E-state index in [1.165, 1.54) is 6.07 Å². The Balaban J connectivity index is 2.92. The number of sulfonamides is 1. The molecule has 0 radical (unpaired) electrons. The number of aliphatic hydroxyl groups excluding tert-OH is 1. The first-order valence-corrected chi connectivity index (χ1v) is 8.42. The second kappa shape index (κ2) is 6.28. The van der Waals surface area contributed by atoms with E-state index >= 15 is 0 Å². The molecule has 0 aliphatic rings. The summed E-state index contributed by atoms with van der Waals surface area (Å²) in [7, 11) is -3.53. The van der Waals surface area contributed by atoms with Crippen LogP contribution in [0.5, 0.6) is 0 Å². The smallest absolute Gasteiger partial charge is 0.242 e. The van der Waals surface area contributed by atoms with Crippen LogP contribution in [0.3, 0.4) is 0 Å². The average Bonchev–Trinajstić information content (AvgIpc) is 2.80. The van der Waals surface area contributed by atoms with E-state index in [0.717, 1.165) is 0 Å². The molecular formula is C14H26N2O3S. The molecule has 0 aliphatic carbocycles. The van der Waals surface area contributed by atoms with Crippen molar-refractivity contribution in [3.63, 3.8) is 0 Å². The summed E-state index contributed by atoms with van der Waals surface area (Å²) >= 11 is 0. The van der Waals surface area contributed by atoms with E-state index in [-0.39, 0.29) is 16.9 Å². The summed E-state index contributed by atoms with van der Waals surface area (Å²) in [6.45, 7) is 11.0. The van der Waals surface area contributed by atoms with Gasteiger partial charge in [-0.05, 0) is 24.3 Å². The van der Waals surface area contributed by atoms with Crippen LogP contribution in [0.4, 0.5) is 0 Å². The zero-order valence-electron chi connectivity index (χ0n) is 13.0. The van der Waals surface area contributed by atoms with Crippen molar-refractivity contribution in [3.8, 4) is 0 Å². The summed E-state index contributed by atoms with van der Waals surface area (Å²) in [5, 5.41) is 9.22. The van der Waals surface area contributed by atoms with E-state index in [4.69, 9.17) is 0 Å². The van der Waals surface area contributed by atoms with Crippen molar-refractivity contribution < 1.29 is 13.5 Å². The summed E-state index contributed by atoms with van der Waals surface area (Å²) in [4.78, 5) is 0.211. The first-order valence-electron chi connectivity index (χ1n) is 6.93. The number of aromatic nitrogens is 1. The molecule has 5 nitrogen and oxygen atoms in total. The SMILES string of the molecule is CCn1cc(S(=O)(=O)NCC(C)(C)C(C)C)cc1CO. The summed E-state index contributed by atoms with van der Waals surface area (Å²) in [6.07, 6.45) is 1.57. The first-order chi connectivity index (χ1) is 9.14. The Hall–Kier alpha value is -0.850. The molecule has 0 fully saturated rings. The molecule has 0 saturated heterocycles. The van der Waals surface area contributed by atoms with Crippen molar-refractivity contribution in [3.05, 3.63) is 18.0 Å². The molecule has 1 rings (SSSR count). The molecular weight excluding hydrogens is 276 g/mol. The van der Waals surface area contributed by atoms with Crippen LogP contribution in [-0.2, 0) is 23.2 Å². The van der Waals surface area contributed by atoms with Gasteiger partial charge in [0, 0.05) is 25.0 Å². The van der Waals surface area contributed by atoms with Crippen molar-refractivity contribution in [1.82, 2.24) is 9.29 Å². The second-order valence-electron chi connectivity index (χ2n) is 6.08. The Morgan fingerprint density at radius 3 is 2.40 bits per heavy atom. The minimum atomic E-state index is -3.53. The molecule has 0 aromatic carbocycles. The lowest BCUT2D eigenvalue weighted by molar-refractivity contribution is 0.252. The number of nitrogens with one attached hydrogen (secondary N) is 1. The van der Waals surface area contributed by atoms with Gasteiger partial charge in [-0.1, -0.05) is 27.7 Å². The fraction of sp³-hybridized carbons (Fsp3) is 0.714. The van der Waals surface area contributed by atoms with Gasteiger partial charge >= 0.3 is 0 Å². The van der Waals surface area contributed by atoms with Crippen LogP contribution in [0, 0.1) is 11.3 Å². The number of nitrogens with zero attached hydrogens (tertiary/aromatic N) is 1. The van der Waals surface area contributed by atoms with Gasteiger partial charge in [0.1, 0.15) is 0 Å². The van der Waals surface area contributed by atoms with Gasteiger partial charge in [0.2, 0.25) is 10.0 Å². The first kappa shape index (κ1) is 17.2. The largest absolute Gasteiger partial charge is 0.390 e. The average molecular weight is 302 g/mol. The fourth-order valence-electron chi connectivity index (χ4n) is 1.67. The van der Waals surface area contributed by atoms with Crippen molar-refractivity contribution in [2.45, 2.75) is 52.7 Å². The summed E-state index contributed by atoms with van der Waals surface area (Å²) in [5.74, 6) is 0.374.